The van der Waals surface area contributed by atoms with Gasteiger partial charge in [-0.25, -0.2) is 0 Å². The predicted octanol–water partition coefficient (Wildman–Crippen LogP) is 4.16. The molecule has 0 aromatic heterocycles. The fourth-order valence-electron chi connectivity index (χ4n) is 3.01. The van der Waals surface area contributed by atoms with Gasteiger partial charge in [-0.15, -0.1) is 0 Å². The molecule has 1 saturated heterocycles. The van der Waals surface area contributed by atoms with Gasteiger partial charge in [0.05, 0.1) is 19.2 Å². The third-order valence-electron chi connectivity index (χ3n) is 4.26. The van der Waals surface area contributed by atoms with Crippen LogP contribution in [-0.2, 0) is 4.79 Å². The zero-order valence-corrected chi connectivity index (χ0v) is 14.7. The smallest absolute Gasteiger partial charge is 0.246 e. The maximum atomic E-state index is 12.5. The van der Waals surface area contributed by atoms with Crippen LogP contribution in [0.5, 0.6) is 11.5 Å². The maximum Gasteiger partial charge on any atom is 0.246 e. The number of hydrogen-bond acceptors (Lipinski definition) is 3. The van der Waals surface area contributed by atoms with E-state index in [0.29, 0.717) is 22.6 Å². The van der Waals surface area contributed by atoms with Gasteiger partial charge in [-0.1, -0.05) is 18.5 Å². The molecule has 1 amide bonds. The third kappa shape index (κ3) is 4.20. The highest BCUT2D eigenvalue weighted by Gasteiger charge is 2.23. The van der Waals surface area contributed by atoms with Gasteiger partial charge in [0.15, 0.2) is 11.5 Å². The van der Waals surface area contributed by atoms with Crippen molar-refractivity contribution in [2.75, 3.05) is 20.8 Å². The minimum Gasteiger partial charge on any atom is -0.493 e. The number of likely N-dealkylation sites (tertiary alicyclic amines) is 1. The largest absolute Gasteiger partial charge is 0.493 e. The number of piperidine rings is 1. The lowest BCUT2D eigenvalue weighted by Crippen LogP contribution is -2.42. The number of nitrogens with zero attached hydrogens (tertiary/aromatic N) is 1. The number of rotatable bonds is 5. The van der Waals surface area contributed by atoms with E-state index in [0.717, 1.165) is 31.4 Å². The first-order chi connectivity index (χ1) is 11.1. The number of benzene rings is 1. The Labute approximate surface area is 143 Å². The highest BCUT2D eigenvalue weighted by atomic mass is 35.5. The van der Waals surface area contributed by atoms with Crippen LogP contribution < -0.4 is 9.47 Å². The molecule has 0 radical (unpaired) electrons. The predicted molar refractivity (Wildman–Crippen MR) is 93.2 cm³/mol. The number of methoxy groups -OCH3 is 2. The lowest BCUT2D eigenvalue weighted by Gasteiger charge is -2.34. The van der Waals surface area contributed by atoms with E-state index in [4.69, 9.17) is 21.1 Å². The van der Waals surface area contributed by atoms with Gasteiger partial charge >= 0.3 is 0 Å². The monoisotopic (exact) mass is 337 g/mol. The summed E-state index contributed by atoms with van der Waals surface area (Å²) in [5.74, 6) is 1.11. The van der Waals surface area contributed by atoms with Crippen molar-refractivity contribution >= 4 is 23.6 Å². The third-order valence-corrected chi connectivity index (χ3v) is 4.54. The summed E-state index contributed by atoms with van der Waals surface area (Å²) >= 11 is 6.19. The highest BCUT2D eigenvalue weighted by molar-refractivity contribution is 6.32. The Morgan fingerprint density at radius 3 is 2.78 bits per heavy atom. The van der Waals surface area contributed by atoms with Crippen LogP contribution in [0, 0.1) is 0 Å². The Morgan fingerprint density at radius 1 is 1.35 bits per heavy atom. The second-order valence-corrected chi connectivity index (χ2v) is 6.07. The molecule has 1 aliphatic rings. The van der Waals surface area contributed by atoms with Crippen molar-refractivity contribution in [3.05, 3.63) is 28.8 Å². The van der Waals surface area contributed by atoms with E-state index in [1.165, 1.54) is 6.42 Å². The molecule has 2 rings (SSSR count). The van der Waals surface area contributed by atoms with Crippen LogP contribution in [0.1, 0.15) is 38.2 Å². The van der Waals surface area contributed by atoms with Crippen LogP contribution in [0.3, 0.4) is 0 Å². The molecule has 1 aliphatic heterocycles. The fourth-order valence-corrected chi connectivity index (χ4v) is 3.31. The van der Waals surface area contributed by atoms with E-state index in [9.17, 15) is 4.79 Å². The van der Waals surface area contributed by atoms with Crippen LogP contribution in [0.25, 0.3) is 6.08 Å². The Bertz CT molecular complexity index is 586. The zero-order valence-electron chi connectivity index (χ0n) is 14.0. The molecular weight excluding hydrogens is 314 g/mol. The summed E-state index contributed by atoms with van der Waals surface area (Å²) < 4.78 is 10.5. The van der Waals surface area contributed by atoms with E-state index >= 15 is 0 Å². The first kappa shape index (κ1) is 17.7. The minimum absolute atomic E-state index is 0.0578. The molecule has 0 spiro atoms. The molecule has 0 aliphatic carbocycles. The molecule has 0 saturated carbocycles. The van der Waals surface area contributed by atoms with Crippen LogP contribution in [0.2, 0.25) is 5.02 Å². The number of halogens is 1. The van der Waals surface area contributed by atoms with Crippen LogP contribution in [-0.4, -0.2) is 37.6 Å². The standard InChI is InChI=1S/C18H24ClNO3/c1-4-14-7-5-6-10-20(14)17(21)9-8-13-11-15(19)18(23-3)16(12-13)22-2/h8-9,11-12,14H,4-7,10H2,1-3H3/b9-8+. The molecule has 0 bridgehead atoms. The lowest BCUT2D eigenvalue weighted by atomic mass is 10.00. The van der Waals surface area contributed by atoms with E-state index in [2.05, 4.69) is 6.92 Å². The fraction of sp³-hybridized carbons (Fsp3) is 0.500. The molecule has 1 aromatic rings. The van der Waals surface area contributed by atoms with Crippen molar-refractivity contribution in [3.8, 4) is 11.5 Å². The molecule has 1 unspecified atom stereocenters. The van der Waals surface area contributed by atoms with Crippen LogP contribution in [0.15, 0.2) is 18.2 Å². The van der Waals surface area contributed by atoms with Gasteiger partial charge in [-0.2, -0.15) is 0 Å². The highest BCUT2D eigenvalue weighted by Crippen LogP contribution is 2.36. The molecule has 1 fully saturated rings. The Kier molecular flexibility index (Phi) is 6.34. The summed E-state index contributed by atoms with van der Waals surface area (Å²) in [5.41, 5.74) is 0.811. The van der Waals surface area contributed by atoms with Gasteiger partial charge in [0.1, 0.15) is 0 Å². The van der Waals surface area contributed by atoms with Crippen molar-refractivity contribution in [2.24, 2.45) is 0 Å². The Morgan fingerprint density at radius 2 is 2.13 bits per heavy atom. The summed E-state index contributed by atoms with van der Waals surface area (Å²) in [6, 6.07) is 3.93. The molecule has 23 heavy (non-hydrogen) atoms. The summed E-state index contributed by atoms with van der Waals surface area (Å²) in [4.78, 5) is 14.4. The first-order valence-corrected chi connectivity index (χ1v) is 8.38. The topological polar surface area (TPSA) is 38.8 Å². The normalized spacial score (nSPS) is 18.3. The van der Waals surface area contributed by atoms with Gasteiger partial charge in [0, 0.05) is 18.7 Å². The summed E-state index contributed by atoms with van der Waals surface area (Å²) in [7, 11) is 3.11. The average molecular weight is 338 g/mol. The zero-order chi connectivity index (χ0) is 16.8. The molecule has 1 aromatic carbocycles. The van der Waals surface area contributed by atoms with E-state index in [1.807, 2.05) is 11.0 Å². The Hall–Kier alpha value is -1.68. The molecule has 4 nitrogen and oxygen atoms in total. The van der Waals surface area contributed by atoms with E-state index in [-0.39, 0.29) is 5.91 Å². The van der Waals surface area contributed by atoms with Crippen molar-refractivity contribution in [2.45, 2.75) is 38.6 Å². The van der Waals surface area contributed by atoms with E-state index in [1.54, 1.807) is 32.4 Å². The second kappa shape index (κ2) is 8.25. The lowest BCUT2D eigenvalue weighted by molar-refractivity contribution is -0.129. The van der Waals surface area contributed by atoms with Crippen molar-refractivity contribution < 1.29 is 14.3 Å². The Balaban J connectivity index is 2.16. The summed E-state index contributed by atoms with van der Waals surface area (Å²) in [6.07, 6.45) is 7.78. The number of carbonyl (C=O) groups excluding carboxylic acids is 1. The minimum atomic E-state index is 0.0578. The van der Waals surface area contributed by atoms with Crippen molar-refractivity contribution in [1.29, 1.82) is 0 Å². The number of carbonyl (C=O) groups is 1. The number of amides is 1. The van der Waals surface area contributed by atoms with Gasteiger partial charge in [0.2, 0.25) is 5.91 Å². The van der Waals surface area contributed by atoms with Gasteiger partial charge < -0.3 is 14.4 Å². The van der Waals surface area contributed by atoms with E-state index < -0.39 is 0 Å². The van der Waals surface area contributed by atoms with Crippen molar-refractivity contribution in [1.82, 2.24) is 4.90 Å². The SMILES string of the molecule is CCC1CCCCN1C(=O)/C=C/c1cc(Cl)c(OC)c(OC)c1. The quantitative estimate of drug-likeness (QED) is 0.757. The molecule has 126 valence electrons. The molecule has 1 atom stereocenters. The molecular formula is C18H24ClNO3. The maximum absolute atomic E-state index is 12.5. The average Bonchev–Trinajstić information content (AvgIpc) is 2.58. The number of ether oxygens (including phenoxy) is 2. The van der Waals surface area contributed by atoms with Crippen LogP contribution in [0.4, 0.5) is 0 Å². The first-order valence-electron chi connectivity index (χ1n) is 8.00. The second-order valence-electron chi connectivity index (χ2n) is 5.66. The van der Waals surface area contributed by atoms with Gasteiger partial charge in [-0.3, -0.25) is 4.79 Å². The van der Waals surface area contributed by atoms with Crippen LogP contribution >= 0.6 is 11.6 Å². The summed E-state index contributed by atoms with van der Waals surface area (Å²) in [6.45, 7) is 2.97. The molecule has 0 N–H and O–H groups in total. The molecule has 5 heteroatoms. The van der Waals surface area contributed by atoms with Gasteiger partial charge in [-0.05, 0) is 49.5 Å². The number of hydrogen-bond donors (Lipinski definition) is 0. The molecule has 1 heterocycles. The summed E-state index contributed by atoms with van der Waals surface area (Å²) in [5, 5.41) is 0.461. The van der Waals surface area contributed by atoms with Crippen molar-refractivity contribution in [3.63, 3.8) is 0 Å². The van der Waals surface area contributed by atoms with Gasteiger partial charge in [0.25, 0.3) is 0 Å².